The Hall–Kier alpha value is -1.55. The van der Waals surface area contributed by atoms with Crippen LogP contribution in [-0.2, 0) is 0 Å². The zero-order valence-electron chi connectivity index (χ0n) is 7.74. The van der Waals surface area contributed by atoms with Crippen LogP contribution in [0.2, 0.25) is 5.02 Å². The van der Waals surface area contributed by atoms with Crippen LogP contribution in [0.3, 0.4) is 0 Å². The SMILES string of the molecule is Cc1cccc(Cl)c1C=NN=C(N)N. The molecule has 1 rings (SSSR count). The summed E-state index contributed by atoms with van der Waals surface area (Å²) in [4.78, 5) is 0. The topological polar surface area (TPSA) is 76.8 Å². The van der Waals surface area contributed by atoms with Gasteiger partial charge in [0.15, 0.2) is 0 Å². The van der Waals surface area contributed by atoms with Gasteiger partial charge in [0.05, 0.1) is 6.21 Å². The van der Waals surface area contributed by atoms with Gasteiger partial charge in [-0.25, -0.2) is 0 Å². The first-order valence-electron chi connectivity index (χ1n) is 3.98. The van der Waals surface area contributed by atoms with Gasteiger partial charge in [0, 0.05) is 10.6 Å². The van der Waals surface area contributed by atoms with Crippen molar-refractivity contribution in [3.05, 3.63) is 34.3 Å². The largest absolute Gasteiger partial charge is 0.369 e. The van der Waals surface area contributed by atoms with Crippen LogP contribution in [0, 0.1) is 6.92 Å². The van der Waals surface area contributed by atoms with Crippen LogP contribution < -0.4 is 11.5 Å². The van der Waals surface area contributed by atoms with Gasteiger partial charge in [-0.1, -0.05) is 23.7 Å². The van der Waals surface area contributed by atoms with Crippen molar-refractivity contribution in [1.82, 2.24) is 0 Å². The van der Waals surface area contributed by atoms with Crippen molar-refractivity contribution >= 4 is 23.8 Å². The molecule has 1 aromatic rings. The summed E-state index contributed by atoms with van der Waals surface area (Å²) in [5.41, 5.74) is 12.1. The number of guanidine groups is 1. The molecule has 0 radical (unpaired) electrons. The third kappa shape index (κ3) is 2.74. The fourth-order valence-electron chi connectivity index (χ4n) is 0.962. The molecule has 5 heteroatoms. The van der Waals surface area contributed by atoms with E-state index < -0.39 is 0 Å². The van der Waals surface area contributed by atoms with Crippen molar-refractivity contribution in [3.63, 3.8) is 0 Å². The smallest absolute Gasteiger partial charge is 0.211 e. The molecule has 0 unspecified atom stereocenters. The third-order valence-electron chi connectivity index (χ3n) is 1.63. The molecule has 14 heavy (non-hydrogen) atoms. The summed E-state index contributed by atoms with van der Waals surface area (Å²) in [5.74, 6) is -0.0778. The van der Waals surface area contributed by atoms with Gasteiger partial charge in [-0.3, -0.25) is 0 Å². The van der Waals surface area contributed by atoms with Crippen LogP contribution in [0.1, 0.15) is 11.1 Å². The summed E-state index contributed by atoms with van der Waals surface area (Å²) < 4.78 is 0. The van der Waals surface area contributed by atoms with Gasteiger partial charge in [0.1, 0.15) is 0 Å². The van der Waals surface area contributed by atoms with Crippen molar-refractivity contribution in [3.8, 4) is 0 Å². The maximum atomic E-state index is 5.94. The Kier molecular flexibility index (Phi) is 3.48. The Morgan fingerprint density at radius 3 is 2.71 bits per heavy atom. The fourth-order valence-corrected chi connectivity index (χ4v) is 1.23. The lowest BCUT2D eigenvalue weighted by molar-refractivity contribution is 1.21. The molecule has 0 aliphatic carbocycles. The average Bonchev–Trinajstić information content (AvgIpc) is 2.09. The van der Waals surface area contributed by atoms with Gasteiger partial charge in [0.2, 0.25) is 5.96 Å². The lowest BCUT2D eigenvalue weighted by Crippen LogP contribution is -2.21. The summed E-state index contributed by atoms with van der Waals surface area (Å²) in [6.45, 7) is 1.93. The van der Waals surface area contributed by atoms with E-state index in [0.717, 1.165) is 11.1 Å². The van der Waals surface area contributed by atoms with E-state index >= 15 is 0 Å². The first-order chi connectivity index (χ1) is 6.61. The van der Waals surface area contributed by atoms with E-state index in [9.17, 15) is 0 Å². The van der Waals surface area contributed by atoms with Crippen molar-refractivity contribution in [2.24, 2.45) is 21.7 Å². The highest BCUT2D eigenvalue weighted by atomic mass is 35.5. The van der Waals surface area contributed by atoms with Crippen molar-refractivity contribution in [2.45, 2.75) is 6.92 Å². The van der Waals surface area contributed by atoms with Crippen molar-refractivity contribution in [2.75, 3.05) is 0 Å². The van der Waals surface area contributed by atoms with Crippen LogP contribution in [0.5, 0.6) is 0 Å². The van der Waals surface area contributed by atoms with Crippen molar-refractivity contribution < 1.29 is 0 Å². The molecule has 0 aromatic heterocycles. The summed E-state index contributed by atoms with van der Waals surface area (Å²) in [6.07, 6.45) is 1.53. The van der Waals surface area contributed by atoms with E-state index in [4.69, 9.17) is 23.1 Å². The monoisotopic (exact) mass is 210 g/mol. The Morgan fingerprint density at radius 1 is 1.43 bits per heavy atom. The molecule has 0 heterocycles. The Labute approximate surface area is 87.3 Å². The highest BCUT2D eigenvalue weighted by Crippen LogP contribution is 2.16. The minimum atomic E-state index is -0.0778. The number of nitrogens with two attached hydrogens (primary N) is 2. The van der Waals surface area contributed by atoms with Crippen LogP contribution in [0.4, 0.5) is 0 Å². The zero-order valence-corrected chi connectivity index (χ0v) is 8.49. The summed E-state index contributed by atoms with van der Waals surface area (Å²) >= 11 is 5.94. The lowest BCUT2D eigenvalue weighted by Gasteiger charge is -2.00. The number of nitrogens with zero attached hydrogens (tertiary/aromatic N) is 2. The molecule has 0 saturated carbocycles. The molecule has 0 aliphatic rings. The van der Waals surface area contributed by atoms with E-state index in [1.807, 2.05) is 19.1 Å². The second-order valence-corrected chi connectivity index (χ2v) is 3.15. The van der Waals surface area contributed by atoms with Crippen LogP contribution in [-0.4, -0.2) is 12.2 Å². The predicted molar refractivity (Wildman–Crippen MR) is 59.6 cm³/mol. The summed E-state index contributed by atoms with van der Waals surface area (Å²) in [6, 6.07) is 5.59. The van der Waals surface area contributed by atoms with E-state index in [-0.39, 0.29) is 5.96 Å². The molecule has 74 valence electrons. The van der Waals surface area contributed by atoms with Gasteiger partial charge < -0.3 is 11.5 Å². The Balaban J connectivity index is 2.97. The van der Waals surface area contributed by atoms with E-state index in [1.165, 1.54) is 6.21 Å². The van der Waals surface area contributed by atoms with Gasteiger partial charge in [-0.2, -0.15) is 5.10 Å². The minimum absolute atomic E-state index is 0.0778. The van der Waals surface area contributed by atoms with Gasteiger partial charge in [-0.15, -0.1) is 5.10 Å². The third-order valence-corrected chi connectivity index (χ3v) is 1.96. The van der Waals surface area contributed by atoms with Crippen LogP contribution in [0.25, 0.3) is 0 Å². The summed E-state index contributed by atoms with van der Waals surface area (Å²) in [5, 5.41) is 7.80. The van der Waals surface area contributed by atoms with Gasteiger partial charge in [0.25, 0.3) is 0 Å². The molecule has 0 aliphatic heterocycles. The number of hydrogen-bond donors (Lipinski definition) is 2. The molecular weight excluding hydrogens is 200 g/mol. The molecule has 1 aromatic carbocycles. The Morgan fingerprint density at radius 2 is 2.14 bits per heavy atom. The molecule has 0 atom stereocenters. The molecule has 0 spiro atoms. The van der Waals surface area contributed by atoms with Crippen LogP contribution in [0.15, 0.2) is 28.4 Å². The van der Waals surface area contributed by atoms with Gasteiger partial charge >= 0.3 is 0 Å². The van der Waals surface area contributed by atoms with E-state index in [1.54, 1.807) is 6.07 Å². The van der Waals surface area contributed by atoms with Gasteiger partial charge in [-0.05, 0) is 18.6 Å². The first-order valence-corrected chi connectivity index (χ1v) is 4.36. The maximum Gasteiger partial charge on any atom is 0.211 e. The molecule has 0 fully saturated rings. The highest BCUT2D eigenvalue weighted by Gasteiger charge is 1.99. The Bertz CT molecular complexity index is 360. The standard InChI is InChI=1S/C9H11ClN4/c1-6-3-2-4-8(10)7(6)5-13-14-9(11)12/h2-5H,1H3,(H4,11,12,14). The molecular formula is C9H11ClN4. The van der Waals surface area contributed by atoms with Crippen molar-refractivity contribution in [1.29, 1.82) is 0 Å². The van der Waals surface area contributed by atoms with E-state index in [2.05, 4.69) is 10.2 Å². The lowest BCUT2D eigenvalue weighted by atomic mass is 10.1. The second-order valence-electron chi connectivity index (χ2n) is 2.74. The zero-order chi connectivity index (χ0) is 10.6. The average molecular weight is 211 g/mol. The predicted octanol–water partition coefficient (Wildman–Crippen LogP) is 1.26. The van der Waals surface area contributed by atoms with E-state index in [0.29, 0.717) is 5.02 Å². The first kappa shape index (κ1) is 10.5. The minimum Gasteiger partial charge on any atom is -0.369 e. The molecule has 4 nitrogen and oxygen atoms in total. The number of rotatable bonds is 2. The molecule has 0 amide bonds. The highest BCUT2D eigenvalue weighted by molar-refractivity contribution is 6.33. The fraction of sp³-hybridized carbons (Fsp3) is 0.111. The quantitative estimate of drug-likeness (QED) is 0.438. The molecule has 4 N–H and O–H groups in total. The van der Waals surface area contributed by atoms with Crippen LogP contribution >= 0.6 is 11.6 Å². The summed E-state index contributed by atoms with van der Waals surface area (Å²) in [7, 11) is 0. The molecule has 0 bridgehead atoms. The number of halogens is 1. The second kappa shape index (κ2) is 4.62. The number of benzene rings is 1. The number of aryl methyl sites for hydroxylation is 1. The molecule has 0 saturated heterocycles. The number of hydrogen-bond acceptors (Lipinski definition) is 2. The maximum absolute atomic E-state index is 5.94. The normalized spacial score (nSPS) is 10.4.